The van der Waals surface area contributed by atoms with E-state index in [4.69, 9.17) is 14.6 Å². The van der Waals surface area contributed by atoms with Crippen molar-refractivity contribution in [2.75, 3.05) is 6.61 Å². The number of nitrogens with zero attached hydrogens (tertiary/aromatic N) is 2. The van der Waals surface area contributed by atoms with Crippen molar-refractivity contribution < 1.29 is 19.4 Å². The predicted octanol–water partition coefficient (Wildman–Crippen LogP) is 2.54. The zero-order chi connectivity index (χ0) is 20.1. The van der Waals surface area contributed by atoms with Gasteiger partial charge in [-0.15, -0.1) is 0 Å². The van der Waals surface area contributed by atoms with Gasteiger partial charge in [0.05, 0.1) is 10.9 Å². The lowest BCUT2D eigenvalue weighted by atomic mass is 10.1. The molecular weight excluding hydrogens is 360 g/mol. The SMILES string of the molecule is CCOC(Cc1ccc(OCc2nc3ccccc3c(=O)n2C)cc1)C(=O)O. The average Bonchev–Trinajstić information content (AvgIpc) is 2.70. The Bertz CT molecular complexity index is 1030. The summed E-state index contributed by atoms with van der Waals surface area (Å²) < 4.78 is 12.5. The first kappa shape index (κ1) is 19.6. The van der Waals surface area contributed by atoms with Crippen molar-refractivity contribution in [2.24, 2.45) is 7.05 Å². The second-order valence-electron chi connectivity index (χ2n) is 6.33. The summed E-state index contributed by atoms with van der Waals surface area (Å²) in [5.74, 6) is 0.148. The van der Waals surface area contributed by atoms with Crippen LogP contribution in [0.3, 0.4) is 0 Å². The molecule has 2 aromatic carbocycles. The number of carbonyl (C=O) groups is 1. The molecule has 1 N–H and O–H groups in total. The molecule has 0 saturated heterocycles. The Morgan fingerprint density at radius 1 is 1.18 bits per heavy atom. The van der Waals surface area contributed by atoms with Gasteiger partial charge in [0.15, 0.2) is 6.10 Å². The number of rotatable bonds is 8. The molecule has 0 radical (unpaired) electrons. The quantitative estimate of drug-likeness (QED) is 0.644. The number of hydrogen-bond donors (Lipinski definition) is 1. The summed E-state index contributed by atoms with van der Waals surface area (Å²) in [4.78, 5) is 28.1. The van der Waals surface area contributed by atoms with E-state index in [0.29, 0.717) is 29.1 Å². The van der Waals surface area contributed by atoms with E-state index in [-0.39, 0.29) is 18.6 Å². The lowest BCUT2D eigenvalue weighted by Crippen LogP contribution is -2.26. The van der Waals surface area contributed by atoms with Gasteiger partial charge in [-0.3, -0.25) is 9.36 Å². The third-order valence-corrected chi connectivity index (χ3v) is 4.43. The lowest BCUT2D eigenvalue weighted by molar-refractivity contribution is -0.149. The molecule has 7 heteroatoms. The van der Waals surface area contributed by atoms with E-state index in [2.05, 4.69) is 4.98 Å². The van der Waals surface area contributed by atoms with Crippen LogP contribution in [-0.2, 0) is 29.6 Å². The number of carboxylic acids is 1. The number of para-hydroxylation sites is 1. The summed E-state index contributed by atoms with van der Waals surface area (Å²) in [7, 11) is 1.67. The van der Waals surface area contributed by atoms with Crippen LogP contribution < -0.4 is 10.3 Å². The molecule has 28 heavy (non-hydrogen) atoms. The Labute approximate surface area is 162 Å². The first-order chi connectivity index (χ1) is 13.5. The van der Waals surface area contributed by atoms with Gasteiger partial charge in [-0.25, -0.2) is 9.78 Å². The van der Waals surface area contributed by atoms with Gasteiger partial charge in [0.2, 0.25) is 0 Å². The second-order valence-corrected chi connectivity index (χ2v) is 6.33. The van der Waals surface area contributed by atoms with E-state index < -0.39 is 12.1 Å². The number of aliphatic carboxylic acids is 1. The van der Waals surface area contributed by atoms with Crippen molar-refractivity contribution in [3.63, 3.8) is 0 Å². The van der Waals surface area contributed by atoms with Crippen molar-refractivity contribution in [3.05, 3.63) is 70.3 Å². The lowest BCUT2D eigenvalue weighted by Gasteiger charge is -2.13. The molecule has 0 bridgehead atoms. The first-order valence-corrected chi connectivity index (χ1v) is 9.00. The van der Waals surface area contributed by atoms with E-state index in [1.807, 2.05) is 12.1 Å². The maximum atomic E-state index is 12.4. The Morgan fingerprint density at radius 2 is 1.89 bits per heavy atom. The summed E-state index contributed by atoms with van der Waals surface area (Å²) in [6, 6.07) is 14.3. The molecule has 146 valence electrons. The van der Waals surface area contributed by atoms with Crippen LogP contribution in [0.5, 0.6) is 5.75 Å². The smallest absolute Gasteiger partial charge is 0.333 e. The molecular formula is C21H22N2O5. The summed E-state index contributed by atoms with van der Waals surface area (Å²) in [5, 5.41) is 9.74. The Balaban J connectivity index is 1.70. The van der Waals surface area contributed by atoms with Crippen molar-refractivity contribution in [1.82, 2.24) is 9.55 Å². The van der Waals surface area contributed by atoms with Crippen LogP contribution in [0.2, 0.25) is 0 Å². The summed E-state index contributed by atoms with van der Waals surface area (Å²) in [6.45, 7) is 2.25. The normalized spacial score (nSPS) is 12.1. The zero-order valence-electron chi connectivity index (χ0n) is 15.8. The molecule has 0 saturated carbocycles. The Hall–Kier alpha value is -3.19. The Kier molecular flexibility index (Phi) is 6.06. The van der Waals surface area contributed by atoms with Gasteiger partial charge < -0.3 is 14.6 Å². The molecule has 0 aliphatic carbocycles. The van der Waals surface area contributed by atoms with Crippen LogP contribution in [0.1, 0.15) is 18.3 Å². The summed E-state index contributed by atoms with van der Waals surface area (Å²) in [5.41, 5.74) is 1.36. The average molecular weight is 382 g/mol. The molecule has 0 amide bonds. The van der Waals surface area contributed by atoms with E-state index in [1.165, 1.54) is 4.57 Å². The molecule has 1 unspecified atom stereocenters. The third kappa shape index (κ3) is 4.37. The van der Waals surface area contributed by atoms with Crippen LogP contribution in [0, 0.1) is 0 Å². The molecule has 0 spiro atoms. The van der Waals surface area contributed by atoms with Crippen LogP contribution in [0.4, 0.5) is 0 Å². The van der Waals surface area contributed by atoms with E-state index in [9.17, 15) is 9.59 Å². The highest BCUT2D eigenvalue weighted by Gasteiger charge is 2.17. The predicted molar refractivity (Wildman–Crippen MR) is 105 cm³/mol. The van der Waals surface area contributed by atoms with Crippen LogP contribution in [0.25, 0.3) is 10.9 Å². The highest BCUT2D eigenvalue weighted by molar-refractivity contribution is 5.77. The number of fused-ring (bicyclic) bond motifs is 1. The number of ether oxygens (including phenoxy) is 2. The maximum Gasteiger partial charge on any atom is 0.333 e. The highest BCUT2D eigenvalue weighted by Crippen LogP contribution is 2.16. The standard InChI is InChI=1S/C21H22N2O5/c1-3-27-18(21(25)26)12-14-8-10-15(11-9-14)28-13-19-22-17-7-5-4-6-16(17)20(24)23(19)2/h4-11,18H,3,12-13H2,1-2H3,(H,25,26). The van der Waals surface area contributed by atoms with Gasteiger partial charge >= 0.3 is 5.97 Å². The monoisotopic (exact) mass is 382 g/mol. The largest absolute Gasteiger partial charge is 0.486 e. The van der Waals surface area contributed by atoms with E-state index in [1.54, 1.807) is 50.4 Å². The second kappa shape index (κ2) is 8.67. The topological polar surface area (TPSA) is 90.7 Å². The van der Waals surface area contributed by atoms with Gasteiger partial charge in [-0.2, -0.15) is 0 Å². The van der Waals surface area contributed by atoms with Crippen molar-refractivity contribution in [3.8, 4) is 5.75 Å². The third-order valence-electron chi connectivity index (χ3n) is 4.43. The maximum absolute atomic E-state index is 12.4. The van der Waals surface area contributed by atoms with Gasteiger partial charge in [0.1, 0.15) is 18.2 Å². The van der Waals surface area contributed by atoms with Crippen molar-refractivity contribution >= 4 is 16.9 Å². The van der Waals surface area contributed by atoms with Gasteiger partial charge in [0.25, 0.3) is 5.56 Å². The highest BCUT2D eigenvalue weighted by atomic mass is 16.5. The Morgan fingerprint density at radius 3 is 2.57 bits per heavy atom. The van der Waals surface area contributed by atoms with Gasteiger partial charge in [-0.05, 0) is 36.8 Å². The molecule has 1 aromatic heterocycles. The minimum atomic E-state index is -0.981. The number of carboxylic acid groups (broad SMARTS) is 1. The number of benzene rings is 2. The number of aromatic nitrogens is 2. The fourth-order valence-corrected chi connectivity index (χ4v) is 2.90. The van der Waals surface area contributed by atoms with Crippen LogP contribution >= 0.6 is 0 Å². The first-order valence-electron chi connectivity index (χ1n) is 9.00. The summed E-state index contributed by atoms with van der Waals surface area (Å²) >= 11 is 0. The zero-order valence-corrected chi connectivity index (χ0v) is 15.8. The molecule has 0 fully saturated rings. The van der Waals surface area contributed by atoms with E-state index in [0.717, 1.165) is 5.56 Å². The van der Waals surface area contributed by atoms with Crippen LogP contribution in [0.15, 0.2) is 53.3 Å². The molecule has 0 aliphatic rings. The molecule has 3 aromatic rings. The van der Waals surface area contributed by atoms with Crippen LogP contribution in [-0.4, -0.2) is 33.3 Å². The van der Waals surface area contributed by atoms with Gasteiger partial charge in [0, 0.05) is 20.1 Å². The molecule has 0 aliphatic heterocycles. The molecule has 3 rings (SSSR count). The minimum Gasteiger partial charge on any atom is -0.486 e. The van der Waals surface area contributed by atoms with Gasteiger partial charge in [-0.1, -0.05) is 24.3 Å². The molecule has 7 nitrogen and oxygen atoms in total. The van der Waals surface area contributed by atoms with Crippen molar-refractivity contribution in [1.29, 1.82) is 0 Å². The number of hydrogen-bond acceptors (Lipinski definition) is 5. The fourth-order valence-electron chi connectivity index (χ4n) is 2.90. The summed E-state index contributed by atoms with van der Waals surface area (Å²) in [6.07, 6.45) is -0.586. The van der Waals surface area contributed by atoms with E-state index >= 15 is 0 Å². The molecule has 1 atom stereocenters. The molecule has 1 heterocycles. The fraction of sp³-hybridized carbons (Fsp3) is 0.286. The van der Waals surface area contributed by atoms with Crippen molar-refractivity contribution in [2.45, 2.75) is 26.1 Å². The minimum absolute atomic E-state index is 0.116.